The van der Waals surface area contributed by atoms with Gasteiger partial charge in [0.1, 0.15) is 11.5 Å². The van der Waals surface area contributed by atoms with Crippen LogP contribution in [-0.2, 0) is 9.53 Å². The van der Waals surface area contributed by atoms with Crippen LogP contribution in [0.4, 0.5) is 4.79 Å². The first-order valence-electron chi connectivity index (χ1n) is 9.08. The van der Waals surface area contributed by atoms with Crippen molar-refractivity contribution in [2.75, 3.05) is 20.8 Å². The van der Waals surface area contributed by atoms with Gasteiger partial charge in [0, 0.05) is 11.3 Å². The lowest BCUT2D eigenvalue weighted by Crippen LogP contribution is -2.45. The van der Waals surface area contributed by atoms with E-state index in [0.29, 0.717) is 34.9 Å². The summed E-state index contributed by atoms with van der Waals surface area (Å²) >= 11 is 0. The highest BCUT2D eigenvalue weighted by molar-refractivity contribution is 5.95. The van der Waals surface area contributed by atoms with Gasteiger partial charge in [0.15, 0.2) is 0 Å². The number of carbonyl (C=O) groups is 2. The maximum Gasteiger partial charge on any atom is 0.338 e. The van der Waals surface area contributed by atoms with Gasteiger partial charge in [-0.2, -0.15) is 0 Å². The number of methoxy groups -OCH3 is 2. The molecule has 0 bridgehead atoms. The molecule has 0 fully saturated rings. The van der Waals surface area contributed by atoms with E-state index in [1.807, 2.05) is 6.92 Å². The predicted molar refractivity (Wildman–Crippen MR) is 102 cm³/mol. The summed E-state index contributed by atoms with van der Waals surface area (Å²) in [7, 11) is 3.09. The molecule has 0 radical (unpaired) electrons. The van der Waals surface area contributed by atoms with E-state index in [1.54, 1.807) is 32.2 Å². The summed E-state index contributed by atoms with van der Waals surface area (Å²) in [6, 6.07) is 4.15. The number of allylic oxidation sites excluding steroid dienone is 1. The molecule has 1 aromatic rings. The lowest BCUT2D eigenvalue weighted by atomic mass is 9.94. The van der Waals surface area contributed by atoms with Crippen molar-refractivity contribution in [2.24, 2.45) is 5.92 Å². The van der Waals surface area contributed by atoms with Gasteiger partial charge in [-0.1, -0.05) is 20.3 Å². The largest absolute Gasteiger partial charge is 0.497 e. The van der Waals surface area contributed by atoms with Gasteiger partial charge in [0.25, 0.3) is 0 Å². The Balaban J connectivity index is 2.37. The predicted octanol–water partition coefficient (Wildman–Crippen LogP) is 3.31. The molecule has 0 saturated carbocycles. The molecule has 2 amide bonds. The molecule has 0 spiro atoms. The summed E-state index contributed by atoms with van der Waals surface area (Å²) in [5.74, 6) is 0.953. The Kier molecular flexibility index (Phi) is 7.10. The monoisotopic (exact) mass is 376 g/mol. The van der Waals surface area contributed by atoms with Crippen LogP contribution in [0, 0.1) is 5.92 Å². The smallest absolute Gasteiger partial charge is 0.338 e. The molecule has 7 heteroatoms. The minimum absolute atomic E-state index is 0.274. The van der Waals surface area contributed by atoms with Crippen molar-refractivity contribution < 1.29 is 23.8 Å². The number of rotatable bonds is 8. The van der Waals surface area contributed by atoms with Crippen molar-refractivity contribution in [1.29, 1.82) is 0 Å². The highest BCUT2D eigenvalue weighted by Crippen LogP contribution is 2.35. The van der Waals surface area contributed by atoms with Crippen molar-refractivity contribution >= 4 is 12.0 Å². The number of hydrogen-bond acceptors (Lipinski definition) is 5. The zero-order chi connectivity index (χ0) is 20.0. The number of carbonyl (C=O) groups excluding carboxylic acids is 2. The van der Waals surface area contributed by atoms with E-state index in [1.165, 1.54) is 7.11 Å². The van der Waals surface area contributed by atoms with Crippen molar-refractivity contribution in [1.82, 2.24) is 10.6 Å². The molecule has 1 heterocycles. The maximum absolute atomic E-state index is 12.8. The van der Waals surface area contributed by atoms with Gasteiger partial charge in [0.05, 0.1) is 32.4 Å². The number of amides is 2. The first-order valence-corrected chi connectivity index (χ1v) is 9.08. The van der Waals surface area contributed by atoms with E-state index >= 15 is 0 Å². The van der Waals surface area contributed by atoms with Crippen LogP contribution in [-0.4, -0.2) is 32.8 Å². The zero-order valence-corrected chi connectivity index (χ0v) is 16.5. The molecule has 1 aliphatic heterocycles. The Morgan fingerprint density at radius 2 is 2.00 bits per heavy atom. The van der Waals surface area contributed by atoms with Crippen LogP contribution in [0.2, 0.25) is 0 Å². The maximum atomic E-state index is 12.8. The minimum atomic E-state index is -0.696. The molecule has 0 unspecified atom stereocenters. The van der Waals surface area contributed by atoms with Crippen molar-refractivity contribution in [3.05, 3.63) is 35.0 Å². The summed E-state index contributed by atoms with van der Waals surface area (Å²) in [5.41, 5.74) is 1.44. The summed E-state index contributed by atoms with van der Waals surface area (Å²) in [5, 5.41) is 5.43. The van der Waals surface area contributed by atoms with Crippen molar-refractivity contribution in [3.63, 3.8) is 0 Å². The summed E-state index contributed by atoms with van der Waals surface area (Å²) in [6.45, 7) is 6.15. The number of ether oxygens (including phenoxy) is 3. The number of benzene rings is 1. The van der Waals surface area contributed by atoms with E-state index in [2.05, 4.69) is 17.6 Å². The topological polar surface area (TPSA) is 85.9 Å². The van der Waals surface area contributed by atoms with Crippen molar-refractivity contribution in [2.45, 2.75) is 39.7 Å². The molecule has 148 valence electrons. The average Bonchev–Trinajstić information content (AvgIpc) is 2.65. The van der Waals surface area contributed by atoms with Crippen LogP contribution in [0.5, 0.6) is 11.5 Å². The molecule has 1 aliphatic rings. The Labute approximate surface area is 160 Å². The Hall–Kier alpha value is -2.70. The van der Waals surface area contributed by atoms with Crippen LogP contribution in [0.25, 0.3) is 0 Å². The van der Waals surface area contributed by atoms with Crippen molar-refractivity contribution in [3.8, 4) is 11.5 Å². The normalized spacial score (nSPS) is 17.7. The van der Waals surface area contributed by atoms with Gasteiger partial charge in [-0.15, -0.1) is 0 Å². The molecular weight excluding hydrogens is 348 g/mol. The first kappa shape index (κ1) is 20.6. The fourth-order valence-corrected chi connectivity index (χ4v) is 3.13. The van der Waals surface area contributed by atoms with Gasteiger partial charge < -0.3 is 24.8 Å². The van der Waals surface area contributed by atoms with Crippen LogP contribution in [0.3, 0.4) is 0 Å². The van der Waals surface area contributed by atoms with Gasteiger partial charge in [-0.25, -0.2) is 9.59 Å². The average molecular weight is 376 g/mol. The van der Waals surface area contributed by atoms with E-state index in [9.17, 15) is 9.59 Å². The number of esters is 1. The Morgan fingerprint density at radius 1 is 1.26 bits per heavy atom. The second-order valence-corrected chi connectivity index (χ2v) is 6.67. The molecule has 0 aliphatic carbocycles. The highest BCUT2D eigenvalue weighted by atomic mass is 16.5. The number of urea groups is 1. The zero-order valence-electron chi connectivity index (χ0n) is 16.5. The summed E-state index contributed by atoms with van der Waals surface area (Å²) < 4.78 is 16.2. The Bertz CT molecular complexity index is 729. The Morgan fingerprint density at radius 3 is 2.63 bits per heavy atom. The fourth-order valence-electron chi connectivity index (χ4n) is 3.13. The SMILES string of the molecule is CCC[C@@H](C)COC(=O)C1=C(C)NC(=O)N[C@H]1c1cc(OC)ccc1OC. The van der Waals surface area contributed by atoms with Crippen LogP contribution in [0.15, 0.2) is 29.5 Å². The molecule has 27 heavy (non-hydrogen) atoms. The second kappa shape index (κ2) is 9.30. The van der Waals surface area contributed by atoms with E-state index in [0.717, 1.165) is 12.8 Å². The third-order valence-electron chi connectivity index (χ3n) is 4.52. The highest BCUT2D eigenvalue weighted by Gasteiger charge is 2.34. The second-order valence-electron chi connectivity index (χ2n) is 6.67. The molecule has 1 aromatic carbocycles. The molecule has 7 nitrogen and oxygen atoms in total. The third kappa shape index (κ3) is 4.93. The van der Waals surface area contributed by atoms with Crippen LogP contribution >= 0.6 is 0 Å². The lowest BCUT2D eigenvalue weighted by Gasteiger charge is -2.29. The quantitative estimate of drug-likeness (QED) is 0.680. The molecular formula is C20H28N2O5. The standard InChI is InChI=1S/C20H28N2O5/c1-6-7-12(2)11-27-19(23)17-13(3)21-20(24)22-18(17)15-10-14(25-4)8-9-16(15)26-5/h8-10,12,18H,6-7,11H2,1-5H3,(H2,21,22,24)/t12-,18+/m1/s1. The van der Waals surface area contributed by atoms with E-state index in [-0.39, 0.29) is 5.92 Å². The summed E-state index contributed by atoms with van der Waals surface area (Å²) in [4.78, 5) is 24.9. The van der Waals surface area contributed by atoms with Gasteiger partial charge in [-0.05, 0) is 37.5 Å². The van der Waals surface area contributed by atoms with Gasteiger partial charge >= 0.3 is 12.0 Å². The van der Waals surface area contributed by atoms with Crippen LogP contribution in [0.1, 0.15) is 45.2 Å². The molecule has 2 N–H and O–H groups in total. The molecule has 0 aromatic heterocycles. The molecule has 0 saturated heterocycles. The molecule has 2 atom stereocenters. The fraction of sp³-hybridized carbons (Fsp3) is 0.500. The minimum Gasteiger partial charge on any atom is -0.497 e. The van der Waals surface area contributed by atoms with Gasteiger partial charge in [0.2, 0.25) is 0 Å². The third-order valence-corrected chi connectivity index (χ3v) is 4.52. The van der Waals surface area contributed by atoms with Gasteiger partial charge in [-0.3, -0.25) is 0 Å². The van der Waals surface area contributed by atoms with E-state index < -0.39 is 18.0 Å². The molecule has 2 rings (SSSR count). The first-order chi connectivity index (χ1) is 12.9. The summed E-state index contributed by atoms with van der Waals surface area (Å²) in [6.07, 6.45) is 2.01. The van der Waals surface area contributed by atoms with E-state index in [4.69, 9.17) is 14.2 Å². The van der Waals surface area contributed by atoms with Crippen LogP contribution < -0.4 is 20.1 Å². The number of hydrogen-bond donors (Lipinski definition) is 2. The lowest BCUT2D eigenvalue weighted by molar-refractivity contribution is -0.140. The number of nitrogens with one attached hydrogen (secondary N) is 2.